The molecule has 0 radical (unpaired) electrons. The van der Waals surface area contributed by atoms with Crippen LogP contribution in [0.4, 0.5) is 5.69 Å². The van der Waals surface area contributed by atoms with E-state index in [4.69, 9.17) is 0 Å². The molecule has 1 N–H and O–H groups in total. The van der Waals surface area contributed by atoms with Crippen LogP contribution in [0.1, 0.15) is 30.9 Å². The van der Waals surface area contributed by atoms with Crippen LogP contribution in [0.25, 0.3) is 0 Å². The zero-order chi connectivity index (χ0) is 11.6. The highest BCUT2D eigenvalue weighted by atomic mass is 16.6. The summed E-state index contributed by atoms with van der Waals surface area (Å²) >= 11 is 0. The minimum atomic E-state index is -0.593. The zero-order valence-corrected chi connectivity index (χ0v) is 9.10. The molecule has 82 valence electrons. The lowest BCUT2D eigenvalue weighted by molar-refractivity contribution is -0.385. The summed E-state index contributed by atoms with van der Waals surface area (Å²) < 4.78 is 0. The van der Waals surface area contributed by atoms with Crippen LogP contribution in [0.5, 0.6) is 0 Å². The molecular formula is C11H15NO3. The van der Waals surface area contributed by atoms with E-state index in [9.17, 15) is 15.2 Å². The summed E-state index contributed by atoms with van der Waals surface area (Å²) in [6.07, 6.45) is -0.593. The summed E-state index contributed by atoms with van der Waals surface area (Å²) in [5.74, 6) is -0.230. The maximum atomic E-state index is 10.8. The van der Waals surface area contributed by atoms with E-state index in [1.807, 2.05) is 13.0 Å². The predicted octanol–water partition coefficient (Wildman–Crippen LogP) is 2.39. The van der Waals surface area contributed by atoms with Gasteiger partial charge >= 0.3 is 0 Å². The molecular weight excluding hydrogens is 194 g/mol. The predicted molar refractivity (Wildman–Crippen MR) is 57.9 cm³/mol. The number of aliphatic hydroxyl groups excluding tert-OH is 1. The first kappa shape index (κ1) is 11.7. The minimum Gasteiger partial charge on any atom is -0.393 e. The molecule has 0 spiro atoms. The van der Waals surface area contributed by atoms with Crippen LogP contribution in [-0.2, 0) is 0 Å². The Morgan fingerprint density at radius 3 is 2.47 bits per heavy atom. The zero-order valence-electron chi connectivity index (χ0n) is 9.10. The van der Waals surface area contributed by atoms with E-state index in [2.05, 4.69) is 0 Å². The average molecular weight is 209 g/mol. The Morgan fingerprint density at radius 1 is 1.40 bits per heavy atom. The van der Waals surface area contributed by atoms with Crippen molar-refractivity contribution in [2.24, 2.45) is 0 Å². The molecule has 4 nitrogen and oxygen atoms in total. The first-order chi connectivity index (χ1) is 6.95. The van der Waals surface area contributed by atoms with Gasteiger partial charge in [-0.15, -0.1) is 0 Å². The Kier molecular flexibility index (Phi) is 3.42. The molecule has 0 aliphatic carbocycles. The van der Waals surface area contributed by atoms with Crippen LogP contribution in [-0.4, -0.2) is 16.1 Å². The van der Waals surface area contributed by atoms with Crippen LogP contribution < -0.4 is 0 Å². The molecule has 0 aliphatic heterocycles. The van der Waals surface area contributed by atoms with Gasteiger partial charge in [0.05, 0.1) is 11.0 Å². The highest BCUT2D eigenvalue weighted by Crippen LogP contribution is 2.31. The third kappa shape index (κ3) is 2.33. The Morgan fingerprint density at radius 2 is 2.00 bits per heavy atom. The number of hydrogen-bond donors (Lipinski definition) is 1. The Balaban J connectivity index is 3.30. The highest BCUT2D eigenvalue weighted by molar-refractivity contribution is 5.47. The fourth-order valence-electron chi connectivity index (χ4n) is 1.66. The van der Waals surface area contributed by atoms with E-state index in [0.717, 1.165) is 5.56 Å². The van der Waals surface area contributed by atoms with Crippen molar-refractivity contribution in [2.75, 3.05) is 0 Å². The topological polar surface area (TPSA) is 63.4 Å². The maximum Gasteiger partial charge on any atom is 0.273 e. The third-order valence-corrected chi connectivity index (χ3v) is 2.68. The average Bonchev–Trinajstić information content (AvgIpc) is 2.16. The van der Waals surface area contributed by atoms with Gasteiger partial charge in [0.15, 0.2) is 0 Å². The number of rotatable bonds is 3. The molecule has 0 saturated carbocycles. The van der Waals surface area contributed by atoms with Gasteiger partial charge in [0.25, 0.3) is 5.69 Å². The summed E-state index contributed by atoms with van der Waals surface area (Å²) in [5.41, 5.74) is 1.55. The largest absolute Gasteiger partial charge is 0.393 e. The highest BCUT2D eigenvalue weighted by Gasteiger charge is 2.23. The van der Waals surface area contributed by atoms with Gasteiger partial charge in [-0.3, -0.25) is 10.1 Å². The van der Waals surface area contributed by atoms with Crippen LogP contribution in [0.15, 0.2) is 18.2 Å². The summed E-state index contributed by atoms with van der Waals surface area (Å²) in [6.45, 7) is 5.25. The number of aryl methyl sites for hydroxylation is 1. The molecule has 1 aromatic carbocycles. The van der Waals surface area contributed by atoms with E-state index in [-0.39, 0.29) is 11.6 Å². The molecule has 0 saturated heterocycles. The van der Waals surface area contributed by atoms with Crippen LogP contribution >= 0.6 is 0 Å². The molecule has 4 heteroatoms. The molecule has 0 amide bonds. The van der Waals surface area contributed by atoms with Crippen molar-refractivity contribution < 1.29 is 10.0 Å². The number of nitrogens with zero attached hydrogens (tertiary/aromatic N) is 1. The number of nitro benzene ring substituents is 1. The van der Waals surface area contributed by atoms with Gasteiger partial charge in [0, 0.05) is 17.5 Å². The van der Waals surface area contributed by atoms with E-state index < -0.39 is 11.0 Å². The summed E-state index contributed by atoms with van der Waals surface area (Å²) in [4.78, 5) is 10.4. The molecule has 2 unspecified atom stereocenters. The second-order valence-electron chi connectivity index (χ2n) is 3.79. The number of nitro groups is 1. The van der Waals surface area contributed by atoms with Crippen LogP contribution in [0.2, 0.25) is 0 Å². The fraction of sp³-hybridized carbons (Fsp3) is 0.455. The quantitative estimate of drug-likeness (QED) is 0.614. The fourth-order valence-corrected chi connectivity index (χ4v) is 1.66. The first-order valence-electron chi connectivity index (χ1n) is 4.87. The standard InChI is InChI=1S/C11H15NO3/c1-7-5-4-6-10(12(14)15)11(7)8(2)9(3)13/h4-6,8-9,13H,1-3H3. The second kappa shape index (κ2) is 4.40. The van der Waals surface area contributed by atoms with E-state index in [1.165, 1.54) is 6.07 Å². The molecule has 15 heavy (non-hydrogen) atoms. The number of benzene rings is 1. The Hall–Kier alpha value is -1.42. The van der Waals surface area contributed by atoms with Gasteiger partial charge in [-0.05, 0) is 19.4 Å². The molecule has 0 aromatic heterocycles. The van der Waals surface area contributed by atoms with Gasteiger partial charge in [-0.25, -0.2) is 0 Å². The van der Waals surface area contributed by atoms with Gasteiger partial charge in [0.1, 0.15) is 0 Å². The van der Waals surface area contributed by atoms with Crippen molar-refractivity contribution in [2.45, 2.75) is 32.8 Å². The molecule has 2 atom stereocenters. The molecule has 0 heterocycles. The van der Waals surface area contributed by atoms with Crippen LogP contribution in [0, 0.1) is 17.0 Å². The maximum absolute atomic E-state index is 10.8. The van der Waals surface area contributed by atoms with Gasteiger partial charge in [-0.1, -0.05) is 19.1 Å². The monoisotopic (exact) mass is 209 g/mol. The third-order valence-electron chi connectivity index (χ3n) is 2.68. The summed E-state index contributed by atoms with van der Waals surface area (Å²) in [6, 6.07) is 4.95. The van der Waals surface area contributed by atoms with E-state index in [0.29, 0.717) is 5.56 Å². The Bertz CT molecular complexity index is 374. The molecule has 1 rings (SSSR count). The second-order valence-corrected chi connectivity index (χ2v) is 3.79. The van der Waals surface area contributed by atoms with Gasteiger partial charge in [0.2, 0.25) is 0 Å². The lowest BCUT2D eigenvalue weighted by Gasteiger charge is -2.17. The number of aliphatic hydroxyl groups is 1. The molecule has 0 aliphatic rings. The molecule has 0 fully saturated rings. The summed E-state index contributed by atoms with van der Waals surface area (Å²) in [5, 5.41) is 20.3. The molecule has 0 bridgehead atoms. The van der Waals surface area contributed by atoms with Crippen molar-refractivity contribution >= 4 is 5.69 Å². The normalized spacial score (nSPS) is 14.7. The van der Waals surface area contributed by atoms with Gasteiger partial charge in [-0.2, -0.15) is 0 Å². The van der Waals surface area contributed by atoms with Crippen molar-refractivity contribution in [3.63, 3.8) is 0 Å². The van der Waals surface area contributed by atoms with Gasteiger partial charge < -0.3 is 5.11 Å². The van der Waals surface area contributed by atoms with Crippen molar-refractivity contribution in [1.82, 2.24) is 0 Å². The lowest BCUT2D eigenvalue weighted by Crippen LogP contribution is -2.14. The van der Waals surface area contributed by atoms with E-state index >= 15 is 0 Å². The van der Waals surface area contributed by atoms with Crippen molar-refractivity contribution in [1.29, 1.82) is 0 Å². The first-order valence-corrected chi connectivity index (χ1v) is 4.87. The smallest absolute Gasteiger partial charge is 0.273 e. The van der Waals surface area contributed by atoms with E-state index in [1.54, 1.807) is 19.9 Å². The number of hydrogen-bond acceptors (Lipinski definition) is 3. The summed E-state index contributed by atoms with van der Waals surface area (Å²) in [7, 11) is 0. The SMILES string of the molecule is Cc1cccc([N+](=O)[O-])c1C(C)C(C)O. The minimum absolute atomic E-state index is 0.0865. The van der Waals surface area contributed by atoms with Crippen molar-refractivity contribution in [3.05, 3.63) is 39.4 Å². The lowest BCUT2D eigenvalue weighted by atomic mass is 9.91. The molecule has 1 aromatic rings. The van der Waals surface area contributed by atoms with Crippen molar-refractivity contribution in [3.8, 4) is 0 Å². The Labute approximate surface area is 88.7 Å². The van der Waals surface area contributed by atoms with Crippen LogP contribution in [0.3, 0.4) is 0 Å².